The lowest BCUT2D eigenvalue weighted by molar-refractivity contribution is 0.0956. The van der Waals surface area contributed by atoms with Gasteiger partial charge in [-0.3, -0.25) is 19.1 Å². The molecule has 0 radical (unpaired) electrons. The van der Waals surface area contributed by atoms with Gasteiger partial charge in [0.15, 0.2) is 11.6 Å². The molecule has 10 heteroatoms. The van der Waals surface area contributed by atoms with Gasteiger partial charge in [-0.2, -0.15) is 0 Å². The van der Waals surface area contributed by atoms with Crippen molar-refractivity contribution in [3.8, 4) is 11.8 Å². The normalized spacial score (nSPS) is 10.5. The van der Waals surface area contributed by atoms with Crippen LogP contribution in [0.2, 0.25) is 0 Å². The number of nitrogen functional groups attached to an aromatic ring is 1. The summed E-state index contributed by atoms with van der Waals surface area (Å²) in [7, 11) is 0. The second-order valence-electron chi connectivity index (χ2n) is 6.97. The van der Waals surface area contributed by atoms with Gasteiger partial charge in [-0.25, -0.2) is 18.7 Å². The summed E-state index contributed by atoms with van der Waals surface area (Å²) in [4.78, 5) is 37.3. The Morgan fingerprint density at radius 3 is 2.76 bits per heavy atom. The van der Waals surface area contributed by atoms with Crippen molar-refractivity contribution in [3.63, 3.8) is 0 Å². The second-order valence-corrected chi connectivity index (χ2v) is 6.97. The fourth-order valence-corrected chi connectivity index (χ4v) is 3.02. The minimum atomic E-state index is -1.03. The molecule has 0 aliphatic heterocycles. The number of nitrogens with zero attached hydrogens (tertiary/aromatic N) is 4. The molecule has 0 fully saturated rings. The van der Waals surface area contributed by atoms with Gasteiger partial charge in [0.05, 0.1) is 36.6 Å². The van der Waals surface area contributed by atoms with Crippen LogP contribution in [0.4, 0.5) is 14.6 Å². The standard InChI is InChI=1S/C23H16F2N6O2/c24-17-5-3-15(8-18(17)25)12-31-13-27-10-16(23(31)33)22(32)28-7-1-2-14-4-6-19-20(9-14)30-21(26)11-29-19/h3-6,8-11,13H,7,12H2,(H2,26,30)(H,28,32). The third-order valence-corrected chi connectivity index (χ3v) is 4.61. The Balaban J connectivity index is 1.43. The number of carbonyl (C=O) groups excluding carboxylic acids is 1. The van der Waals surface area contributed by atoms with E-state index in [1.165, 1.54) is 18.6 Å². The molecule has 4 rings (SSSR count). The van der Waals surface area contributed by atoms with Gasteiger partial charge in [0.1, 0.15) is 11.4 Å². The predicted molar refractivity (Wildman–Crippen MR) is 117 cm³/mol. The lowest BCUT2D eigenvalue weighted by Crippen LogP contribution is -2.33. The van der Waals surface area contributed by atoms with E-state index in [-0.39, 0.29) is 18.7 Å². The number of aromatic nitrogens is 4. The van der Waals surface area contributed by atoms with Gasteiger partial charge in [-0.15, -0.1) is 0 Å². The first-order valence-corrected chi connectivity index (χ1v) is 9.68. The van der Waals surface area contributed by atoms with Crippen molar-refractivity contribution in [2.75, 3.05) is 12.3 Å². The number of carbonyl (C=O) groups is 1. The van der Waals surface area contributed by atoms with Crippen LogP contribution >= 0.6 is 0 Å². The Hall–Kier alpha value is -4.65. The third kappa shape index (κ3) is 4.99. The summed E-state index contributed by atoms with van der Waals surface area (Å²) in [5.74, 6) is 3.32. The van der Waals surface area contributed by atoms with Crippen LogP contribution in [0.25, 0.3) is 11.0 Å². The van der Waals surface area contributed by atoms with Crippen molar-refractivity contribution in [2.24, 2.45) is 0 Å². The summed E-state index contributed by atoms with van der Waals surface area (Å²) in [6.07, 6.45) is 3.82. The first-order chi connectivity index (χ1) is 15.9. The number of nitrogens with one attached hydrogen (secondary N) is 1. The van der Waals surface area contributed by atoms with Gasteiger partial charge in [0, 0.05) is 11.8 Å². The molecule has 0 spiro atoms. The Bertz CT molecular complexity index is 1490. The summed E-state index contributed by atoms with van der Waals surface area (Å²) in [5.41, 5.74) is 7.11. The number of nitrogens with two attached hydrogens (primary N) is 1. The van der Waals surface area contributed by atoms with Crippen LogP contribution in [-0.4, -0.2) is 32.0 Å². The summed E-state index contributed by atoms with van der Waals surface area (Å²) in [5, 5.41) is 2.54. The van der Waals surface area contributed by atoms with Gasteiger partial charge in [-0.05, 0) is 35.9 Å². The molecule has 4 aromatic rings. The first kappa shape index (κ1) is 21.6. The number of hydrogen-bond donors (Lipinski definition) is 2. The minimum absolute atomic E-state index is 0.0169. The van der Waals surface area contributed by atoms with Crippen molar-refractivity contribution in [1.29, 1.82) is 0 Å². The smallest absolute Gasteiger partial charge is 0.266 e. The third-order valence-electron chi connectivity index (χ3n) is 4.61. The second kappa shape index (κ2) is 9.23. The number of hydrogen-bond acceptors (Lipinski definition) is 6. The van der Waals surface area contributed by atoms with E-state index in [2.05, 4.69) is 32.1 Å². The van der Waals surface area contributed by atoms with Crippen LogP contribution in [0.5, 0.6) is 0 Å². The van der Waals surface area contributed by atoms with Crippen molar-refractivity contribution in [3.05, 3.63) is 93.8 Å². The van der Waals surface area contributed by atoms with Crippen LogP contribution in [-0.2, 0) is 6.54 Å². The molecule has 0 bridgehead atoms. The summed E-state index contributed by atoms with van der Waals surface area (Å²) in [6.45, 7) is -0.0870. The predicted octanol–water partition coefficient (Wildman–Crippen LogP) is 1.88. The minimum Gasteiger partial charge on any atom is -0.382 e. The molecule has 164 valence electrons. The lowest BCUT2D eigenvalue weighted by Gasteiger charge is -2.08. The quantitative estimate of drug-likeness (QED) is 0.463. The highest BCUT2D eigenvalue weighted by Gasteiger charge is 2.13. The average Bonchev–Trinajstić information content (AvgIpc) is 2.80. The monoisotopic (exact) mass is 446 g/mol. The van der Waals surface area contributed by atoms with Crippen LogP contribution in [0.15, 0.2) is 59.9 Å². The zero-order chi connectivity index (χ0) is 23.4. The van der Waals surface area contributed by atoms with Crippen molar-refractivity contribution in [1.82, 2.24) is 24.8 Å². The van der Waals surface area contributed by atoms with Crippen LogP contribution < -0.4 is 16.6 Å². The molecule has 2 aromatic carbocycles. The molecule has 3 N–H and O–H groups in total. The number of anilines is 1. The fraction of sp³-hybridized carbons (Fsp3) is 0.0870. The van der Waals surface area contributed by atoms with Crippen molar-refractivity contribution < 1.29 is 13.6 Å². The van der Waals surface area contributed by atoms with E-state index in [1.807, 2.05) is 0 Å². The Labute approximate surface area is 186 Å². The van der Waals surface area contributed by atoms with Gasteiger partial charge in [0.2, 0.25) is 0 Å². The molecule has 33 heavy (non-hydrogen) atoms. The summed E-state index contributed by atoms with van der Waals surface area (Å²) < 4.78 is 27.6. The highest BCUT2D eigenvalue weighted by molar-refractivity contribution is 5.93. The number of benzene rings is 2. The molecule has 8 nitrogen and oxygen atoms in total. The van der Waals surface area contributed by atoms with E-state index in [0.29, 0.717) is 28.0 Å². The summed E-state index contributed by atoms with van der Waals surface area (Å²) >= 11 is 0. The highest BCUT2D eigenvalue weighted by atomic mass is 19.2. The molecular weight excluding hydrogens is 430 g/mol. The van der Waals surface area contributed by atoms with E-state index < -0.39 is 23.1 Å². The fourth-order valence-electron chi connectivity index (χ4n) is 3.02. The van der Waals surface area contributed by atoms with E-state index in [4.69, 9.17) is 5.73 Å². The van der Waals surface area contributed by atoms with Gasteiger partial charge < -0.3 is 11.1 Å². The molecule has 0 unspecified atom stereocenters. The number of rotatable bonds is 4. The SMILES string of the molecule is Nc1cnc2ccc(C#CCNC(=O)c3cncn(Cc4ccc(F)c(F)c4)c3=O)cc2n1. The lowest BCUT2D eigenvalue weighted by atomic mass is 10.2. The topological polar surface area (TPSA) is 116 Å². The van der Waals surface area contributed by atoms with Gasteiger partial charge in [-0.1, -0.05) is 17.9 Å². The van der Waals surface area contributed by atoms with E-state index in [0.717, 1.165) is 22.9 Å². The number of halogens is 2. The average molecular weight is 446 g/mol. The molecule has 0 aliphatic carbocycles. The molecule has 0 saturated heterocycles. The zero-order valence-corrected chi connectivity index (χ0v) is 17.0. The largest absolute Gasteiger partial charge is 0.382 e. The summed E-state index contributed by atoms with van der Waals surface area (Å²) in [6, 6.07) is 8.55. The maximum atomic E-state index is 13.4. The maximum Gasteiger partial charge on any atom is 0.266 e. The van der Waals surface area contributed by atoms with E-state index >= 15 is 0 Å². The van der Waals surface area contributed by atoms with Gasteiger partial charge in [0.25, 0.3) is 11.5 Å². The van der Waals surface area contributed by atoms with Crippen molar-refractivity contribution >= 4 is 22.8 Å². The molecule has 0 aliphatic rings. The zero-order valence-electron chi connectivity index (χ0n) is 17.0. The molecule has 0 atom stereocenters. The molecule has 0 saturated carbocycles. The van der Waals surface area contributed by atoms with Crippen LogP contribution in [0.1, 0.15) is 21.5 Å². The Morgan fingerprint density at radius 2 is 1.94 bits per heavy atom. The number of fused-ring (bicyclic) bond motifs is 1. The Kier molecular flexibility index (Phi) is 6.04. The maximum absolute atomic E-state index is 13.4. The Morgan fingerprint density at radius 1 is 1.09 bits per heavy atom. The molecule has 2 heterocycles. The molecule has 2 aromatic heterocycles. The van der Waals surface area contributed by atoms with E-state index in [1.54, 1.807) is 18.2 Å². The molecule has 1 amide bonds. The van der Waals surface area contributed by atoms with Crippen LogP contribution in [0, 0.1) is 23.5 Å². The van der Waals surface area contributed by atoms with Crippen molar-refractivity contribution in [2.45, 2.75) is 6.54 Å². The van der Waals surface area contributed by atoms with Crippen LogP contribution in [0.3, 0.4) is 0 Å². The van der Waals surface area contributed by atoms with Gasteiger partial charge >= 0.3 is 0 Å². The molecular formula is C23H16F2N6O2. The van der Waals surface area contributed by atoms with E-state index in [9.17, 15) is 18.4 Å². The number of amides is 1. The highest BCUT2D eigenvalue weighted by Crippen LogP contribution is 2.12. The first-order valence-electron chi connectivity index (χ1n) is 9.68.